The molecule has 0 saturated carbocycles. The van der Waals surface area contributed by atoms with Crippen LogP contribution >= 0.6 is 47.8 Å². The highest BCUT2D eigenvalue weighted by Crippen LogP contribution is 2.34. The van der Waals surface area contributed by atoms with Gasteiger partial charge in [-0.25, -0.2) is 0 Å². The Morgan fingerprint density at radius 1 is 1.20 bits per heavy atom. The van der Waals surface area contributed by atoms with Gasteiger partial charge in [0.2, 0.25) is 0 Å². The third-order valence-electron chi connectivity index (χ3n) is 2.69. The highest BCUT2D eigenvalue weighted by atomic mass is 79.9. The molecule has 0 bridgehead atoms. The number of amides is 1. The smallest absolute Gasteiger partial charge is 0.272 e. The summed E-state index contributed by atoms with van der Waals surface area (Å²) in [4.78, 5) is 12.3. The number of nitrogens with zero attached hydrogens (tertiary/aromatic N) is 1. The van der Waals surface area contributed by atoms with Gasteiger partial charge in [-0.1, -0.05) is 0 Å². The SMILES string of the molecule is COc1cc(NC(=O)c2cc(Br)cn2C)c(Br)cc1Br. The van der Waals surface area contributed by atoms with Crippen LogP contribution in [0.15, 0.2) is 37.8 Å². The van der Waals surface area contributed by atoms with Gasteiger partial charge in [0.05, 0.1) is 17.3 Å². The minimum absolute atomic E-state index is 0.191. The summed E-state index contributed by atoms with van der Waals surface area (Å²) in [7, 11) is 3.39. The molecule has 0 aliphatic heterocycles. The van der Waals surface area contributed by atoms with E-state index in [1.54, 1.807) is 23.8 Å². The van der Waals surface area contributed by atoms with Crippen LogP contribution in [0.3, 0.4) is 0 Å². The summed E-state index contributed by atoms with van der Waals surface area (Å²) in [6.45, 7) is 0. The van der Waals surface area contributed by atoms with Crippen LogP contribution in [-0.4, -0.2) is 17.6 Å². The van der Waals surface area contributed by atoms with E-state index < -0.39 is 0 Å². The molecule has 7 heteroatoms. The molecule has 0 fully saturated rings. The Morgan fingerprint density at radius 2 is 1.90 bits per heavy atom. The van der Waals surface area contributed by atoms with Crippen LogP contribution < -0.4 is 10.1 Å². The van der Waals surface area contributed by atoms with Gasteiger partial charge >= 0.3 is 0 Å². The summed E-state index contributed by atoms with van der Waals surface area (Å²) in [5, 5.41) is 2.85. The topological polar surface area (TPSA) is 43.3 Å². The predicted octanol–water partition coefficient (Wildman–Crippen LogP) is 4.57. The first kappa shape index (κ1) is 15.6. The number of aromatic nitrogens is 1. The van der Waals surface area contributed by atoms with Gasteiger partial charge < -0.3 is 14.6 Å². The van der Waals surface area contributed by atoms with Crippen molar-refractivity contribution in [2.75, 3.05) is 12.4 Å². The molecule has 106 valence electrons. The van der Waals surface area contributed by atoms with Crippen molar-refractivity contribution in [3.8, 4) is 5.75 Å². The molecule has 1 amide bonds. The van der Waals surface area contributed by atoms with Gasteiger partial charge in [0.15, 0.2) is 0 Å². The molecule has 2 aromatic rings. The second-order valence-electron chi connectivity index (χ2n) is 4.08. The number of anilines is 1. The first-order valence-corrected chi connectivity index (χ1v) is 7.96. The van der Waals surface area contributed by atoms with Gasteiger partial charge in [0.1, 0.15) is 11.4 Å². The monoisotopic (exact) mass is 464 g/mol. The number of methoxy groups -OCH3 is 1. The molecule has 1 aromatic heterocycles. The Kier molecular flexibility index (Phi) is 4.93. The second kappa shape index (κ2) is 6.32. The Bertz CT molecular complexity index is 668. The largest absolute Gasteiger partial charge is 0.495 e. The van der Waals surface area contributed by atoms with Crippen LogP contribution in [-0.2, 0) is 7.05 Å². The van der Waals surface area contributed by atoms with Gasteiger partial charge in [0, 0.05) is 28.3 Å². The molecule has 20 heavy (non-hydrogen) atoms. The number of carbonyl (C=O) groups excluding carboxylic acids is 1. The van der Waals surface area contributed by atoms with Crippen LogP contribution in [0.2, 0.25) is 0 Å². The zero-order valence-electron chi connectivity index (χ0n) is 10.7. The lowest BCUT2D eigenvalue weighted by molar-refractivity contribution is 0.101. The fourth-order valence-corrected chi connectivity index (χ4v) is 3.50. The minimum Gasteiger partial charge on any atom is -0.495 e. The number of nitrogens with one attached hydrogen (secondary N) is 1. The molecule has 0 spiro atoms. The van der Waals surface area contributed by atoms with E-state index in [2.05, 4.69) is 53.1 Å². The Morgan fingerprint density at radius 3 is 2.45 bits per heavy atom. The zero-order chi connectivity index (χ0) is 14.9. The Balaban J connectivity index is 2.30. The maximum Gasteiger partial charge on any atom is 0.272 e. The number of aryl methyl sites for hydroxylation is 1. The van der Waals surface area contributed by atoms with Gasteiger partial charge in [-0.05, 0) is 59.9 Å². The summed E-state index contributed by atoms with van der Waals surface area (Å²) < 4.78 is 9.42. The number of halogens is 3. The van der Waals surface area contributed by atoms with Crippen molar-refractivity contribution in [1.29, 1.82) is 0 Å². The highest BCUT2D eigenvalue weighted by Gasteiger charge is 2.14. The van der Waals surface area contributed by atoms with Gasteiger partial charge in [-0.2, -0.15) is 0 Å². The van der Waals surface area contributed by atoms with E-state index in [0.29, 0.717) is 17.1 Å². The quantitative estimate of drug-likeness (QED) is 0.720. The van der Waals surface area contributed by atoms with Crippen LogP contribution in [0.5, 0.6) is 5.75 Å². The number of hydrogen-bond donors (Lipinski definition) is 1. The molecule has 0 aliphatic carbocycles. The summed E-state index contributed by atoms with van der Waals surface area (Å²) in [6.07, 6.45) is 1.83. The number of hydrogen-bond acceptors (Lipinski definition) is 2. The first-order valence-electron chi connectivity index (χ1n) is 5.58. The normalized spacial score (nSPS) is 10.4. The number of benzene rings is 1. The first-order chi connectivity index (χ1) is 9.42. The van der Waals surface area contributed by atoms with Crippen LogP contribution in [0.4, 0.5) is 5.69 Å². The van der Waals surface area contributed by atoms with E-state index in [1.807, 2.05) is 19.3 Å². The van der Waals surface area contributed by atoms with Crippen molar-refractivity contribution in [2.45, 2.75) is 0 Å². The van der Waals surface area contributed by atoms with E-state index in [0.717, 1.165) is 13.4 Å². The van der Waals surface area contributed by atoms with Gasteiger partial charge in [-0.3, -0.25) is 4.79 Å². The van der Waals surface area contributed by atoms with Crippen molar-refractivity contribution in [1.82, 2.24) is 4.57 Å². The van der Waals surface area contributed by atoms with E-state index in [1.165, 1.54) is 0 Å². The van der Waals surface area contributed by atoms with E-state index in [4.69, 9.17) is 4.74 Å². The van der Waals surface area contributed by atoms with Crippen molar-refractivity contribution in [3.05, 3.63) is 43.5 Å². The van der Waals surface area contributed by atoms with E-state index in [9.17, 15) is 4.79 Å². The number of ether oxygens (including phenoxy) is 1. The van der Waals surface area contributed by atoms with E-state index in [-0.39, 0.29) is 5.91 Å². The maximum atomic E-state index is 12.3. The van der Waals surface area contributed by atoms with Crippen molar-refractivity contribution in [3.63, 3.8) is 0 Å². The van der Waals surface area contributed by atoms with Crippen LogP contribution in [0.1, 0.15) is 10.5 Å². The molecule has 0 atom stereocenters. The number of rotatable bonds is 3. The standard InChI is InChI=1S/C13H11Br3N2O2/c1-18-6-7(14)3-11(18)13(19)17-10-5-12(20-2)9(16)4-8(10)15/h3-6H,1-2H3,(H,17,19). The molecular formula is C13H11Br3N2O2. The van der Waals surface area contributed by atoms with Crippen LogP contribution in [0.25, 0.3) is 0 Å². The van der Waals surface area contributed by atoms with E-state index >= 15 is 0 Å². The molecule has 1 aromatic carbocycles. The van der Waals surface area contributed by atoms with Crippen molar-refractivity contribution < 1.29 is 9.53 Å². The molecule has 1 N–H and O–H groups in total. The third-order valence-corrected chi connectivity index (χ3v) is 4.40. The second-order valence-corrected chi connectivity index (χ2v) is 6.70. The Labute approximate surface area is 141 Å². The fraction of sp³-hybridized carbons (Fsp3) is 0.154. The third kappa shape index (κ3) is 3.27. The van der Waals surface area contributed by atoms with Crippen LogP contribution in [0, 0.1) is 0 Å². The van der Waals surface area contributed by atoms with Crippen molar-refractivity contribution in [2.24, 2.45) is 7.05 Å². The highest BCUT2D eigenvalue weighted by molar-refractivity contribution is 9.11. The molecule has 0 radical (unpaired) electrons. The molecule has 0 saturated heterocycles. The minimum atomic E-state index is -0.191. The molecule has 1 heterocycles. The summed E-state index contributed by atoms with van der Waals surface area (Å²) in [5.74, 6) is 0.458. The number of carbonyl (C=O) groups is 1. The van der Waals surface area contributed by atoms with Gasteiger partial charge in [-0.15, -0.1) is 0 Å². The average molecular weight is 467 g/mol. The lowest BCUT2D eigenvalue weighted by Gasteiger charge is -2.11. The molecule has 2 rings (SSSR count). The zero-order valence-corrected chi connectivity index (χ0v) is 15.5. The summed E-state index contributed by atoms with van der Waals surface area (Å²) >= 11 is 10.2. The lowest BCUT2D eigenvalue weighted by Crippen LogP contribution is -2.15. The summed E-state index contributed by atoms with van der Waals surface area (Å²) in [6, 6.07) is 5.35. The molecule has 4 nitrogen and oxygen atoms in total. The van der Waals surface area contributed by atoms with Gasteiger partial charge in [0.25, 0.3) is 5.91 Å². The average Bonchev–Trinajstić information content (AvgIpc) is 2.71. The lowest BCUT2D eigenvalue weighted by atomic mass is 10.3. The predicted molar refractivity (Wildman–Crippen MR) is 89.5 cm³/mol. The Hall–Kier alpha value is -0.790. The fourth-order valence-electron chi connectivity index (χ4n) is 1.72. The molecule has 0 aliphatic rings. The summed E-state index contributed by atoms with van der Waals surface area (Å²) in [5.41, 5.74) is 1.21. The molecule has 0 unspecified atom stereocenters. The molecular weight excluding hydrogens is 456 g/mol. The maximum absolute atomic E-state index is 12.3. The van der Waals surface area contributed by atoms with Crippen molar-refractivity contribution >= 4 is 59.4 Å².